The molecule has 0 amide bonds. The number of unbranched alkanes of at least 4 members (excludes halogenated alkanes) is 3. The number of hydrogen-bond acceptors (Lipinski definition) is 2. The predicted octanol–water partition coefficient (Wildman–Crippen LogP) is 2.93. The van der Waals surface area contributed by atoms with Gasteiger partial charge in [0.25, 0.3) is 0 Å². The van der Waals surface area contributed by atoms with Gasteiger partial charge in [-0.15, -0.1) is 0 Å². The highest BCUT2D eigenvalue weighted by Crippen LogP contribution is 2.16. The normalized spacial score (nSPS) is 19.6. The molecule has 90 valence electrons. The second-order valence-electron chi connectivity index (χ2n) is 4.93. The van der Waals surface area contributed by atoms with E-state index in [4.69, 9.17) is 4.74 Å². The van der Waals surface area contributed by atoms with Gasteiger partial charge in [-0.25, -0.2) is 0 Å². The van der Waals surface area contributed by atoms with E-state index in [1.807, 2.05) is 0 Å². The van der Waals surface area contributed by atoms with E-state index in [0.717, 1.165) is 12.5 Å². The van der Waals surface area contributed by atoms with Gasteiger partial charge < -0.3 is 9.64 Å². The third kappa shape index (κ3) is 6.16. The minimum atomic E-state index is 0.932. The highest BCUT2D eigenvalue weighted by molar-refractivity contribution is 4.68. The molecule has 2 heteroatoms. The van der Waals surface area contributed by atoms with E-state index in [9.17, 15) is 0 Å². The number of ether oxygens (including phenoxy) is 1. The highest BCUT2D eigenvalue weighted by Gasteiger charge is 2.14. The zero-order chi connectivity index (χ0) is 10.9. The van der Waals surface area contributed by atoms with Crippen molar-refractivity contribution in [3.8, 4) is 0 Å². The molecule has 1 rings (SSSR count). The molecule has 1 saturated heterocycles. The first kappa shape index (κ1) is 13.0. The van der Waals surface area contributed by atoms with Gasteiger partial charge in [-0.2, -0.15) is 0 Å². The van der Waals surface area contributed by atoms with Crippen LogP contribution in [0.25, 0.3) is 0 Å². The van der Waals surface area contributed by atoms with Crippen molar-refractivity contribution >= 4 is 0 Å². The van der Waals surface area contributed by atoms with Crippen LogP contribution in [0.1, 0.15) is 45.4 Å². The monoisotopic (exact) mass is 213 g/mol. The molecular weight excluding hydrogens is 186 g/mol. The van der Waals surface area contributed by atoms with Crippen LogP contribution in [0.4, 0.5) is 0 Å². The third-order valence-corrected chi connectivity index (χ3v) is 3.45. The van der Waals surface area contributed by atoms with E-state index in [2.05, 4.69) is 11.8 Å². The predicted molar refractivity (Wildman–Crippen MR) is 65.2 cm³/mol. The van der Waals surface area contributed by atoms with Crippen LogP contribution in [-0.2, 0) is 4.74 Å². The summed E-state index contributed by atoms with van der Waals surface area (Å²) in [5.41, 5.74) is 0. The van der Waals surface area contributed by atoms with Gasteiger partial charge in [-0.1, -0.05) is 19.8 Å². The fourth-order valence-corrected chi connectivity index (χ4v) is 2.22. The Hall–Kier alpha value is -0.0800. The molecule has 0 aliphatic carbocycles. The fraction of sp³-hybridized carbons (Fsp3) is 1.00. The molecule has 0 aromatic heterocycles. The average molecular weight is 213 g/mol. The molecule has 0 aromatic carbocycles. The largest absolute Gasteiger partial charge is 0.385 e. The van der Waals surface area contributed by atoms with Gasteiger partial charge in [0.15, 0.2) is 0 Å². The molecule has 1 fully saturated rings. The summed E-state index contributed by atoms with van der Waals surface area (Å²) in [6, 6.07) is 0. The van der Waals surface area contributed by atoms with Crippen molar-refractivity contribution in [2.24, 2.45) is 5.92 Å². The number of rotatable bonds is 7. The Labute approximate surface area is 95.0 Å². The molecule has 0 atom stereocenters. The van der Waals surface area contributed by atoms with E-state index in [-0.39, 0.29) is 0 Å². The van der Waals surface area contributed by atoms with E-state index in [1.54, 1.807) is 7.11 Å². The summed E-state index contributed by atoms with van der Waals surface area (Å²) in [4.78, 5) is 2.64. The van der Waals surface area contributed by atoms with Crippen LogP contribution in [0.5, 0.6) is 0 Å². The maximum Gasteiger partial charge on any atom is 0.0462 e. The van der Waals surface area contributed by atoms with Crippen LogP contribution in [0, 0.1) is 5.92 Å². The highest BCUT2D eigenvalue weighted by atomic mass is 16.5. The fourth-order valence-electron chi connectivity index (χ4n) is 2.22. The first-order valence-corrected chi connectivity index (χ1v) is 6.54. The van der Waals surface area contributed by atoms with Crippen LogP contribution in [0.3, 0.4) is 0 Å². The van der Waals surface area contributed by atoms with Gasteiger partial charge in [0.1, 0.15) is 0 Å². The first-order valence-electron chi connectivity index (χ1n) is 6.54. The van der Waals surface area contributed by atoms with Crippen molar-refractivity contribution in [2.45, 2.75) is 45.4 Å². The average Bonchev–Trinajstić information content (AvgIpc) is 2.26. The Bertz CT molecular complexity index is 141. The van der Waals surface area contributed by atoms with Crippen LogP contribution < -0.4 is 0 Å². The molecule has 1 aliphatic heterocycles. The summed E-state index contributed by atoms with van der Waals surface area (Å²) >= 11 is 0. The van der Waals surface area contributed by atoms with Crippen molar-refractivity contribution in [1.82, 2.24) is 4.90 Å². The Morgan fingerprint density at radius 2 is 1.73 bits per heavy atom. The third-order valence-electron chi connectivity index (χ3n) is 3.45. The standard InChI is InChI=1S/C13H27NO/c1-13-7-10-14(11-8-13)9-5-3-4-6-12-15-2/h13H,3-12H2,1-2H3. The molecule has 0 radical (unpaired) electrons. The van der Waals surface area contributed by atoms with E-state index in [0.29, 0.717) is 0 Å². The molecule has 0 bridgehead atoms. The number of nitrogens with zero attached hydrogens (tertiary/aromatic N) is 1. The molecule has 15 heavy (non-hydrogen) atoms. The lowest BCUT2D eigenvalue weighted by Gasteiger charge is -2.30. The van der Waals surface area contributed by atoms with E-state index in [1.165, 1.54) is 58.2 Å². The van der Waals surface area contributed by atoms with Gasteiger partial charge in [-0.3, -0.25) is 0 Å². The van der Waals surface area contributed by atoms with Crippen LogP contribution in [0.15, 0.2) is 0 Å². The summed E-state index contributed by atoms with van der Waals surface area (Å²) in [5.74, 6) is 0.961. The van der Waals surface area contributed by atoms with Crippen molar-refractivity contribution in [3.63, 3.8) is 0 Å². The maximum atomic E-state index is 5.04. The quantitative estimate of drug-likeness (QED) is 0.603. The lowest BCUT2D eigenvalue weighted by Crippen LogP contribution is -2.33. The van der Waals surface area contributed by atoms with Crippen LogP contribution >= 0.6 is 0 Å². The molecule has 0 saturated carbocycles. The summed E-state index contributed by atoms with van der Waals surface area (Å²) in [6.07, 6.45) is 8.12. The minimum Gasteiger partial charge on any atom is -0.385 e. The molecule has 0 aromatic rings. The smallest absolute Gasteiger partial charge is 0.0462 e. The Morgan fingerprint density at radius 3 is 2.40 bits per heavy atom. The van der Waals surface area contributed by atoms with Crippen LogP contribution in [-0.4, -0.2) is 38.3 Å². The summed E-state index contributed by atoms with van der Waals surface area (Å²) in [7, 11) is 1.79. The van der Waals surface area contributed by atoms with Gasteiger partial charge >= 0.3 is 0 Å². The van der Waals surface area contributed by atoms with Gasteiger partial charge in [0.2, 0.25) is 0 Å². The van der Waals surface area contributed by atoms with Crippen LogP contribution in [0.2, 0.25) is 0 Å². The SMILES string of the molecule is COCCCCCCN1CCC(C)CC1. The molecular formula is C13H27NO. The Morgan fingerprint density at radius 1 is 1.07 bits per heavy atom. The second kappa shape index (κ2) is 8.12. The van der Waals surface area contributed by atoms with Crippen molar-refractivity contribution < 1.29 is 4.74 Å². The Kier molecular flexibility index (Phi) is 7.03. The van der Waals surface area contributed by atoms with Crippen molar-refractivity contribution in [1.29, 1.82) is 0 Å². The van der Waals surface area contributed by atoms with E-state index >= 15 is 0 Å². The lowest BCUT2D eigenvalue weighted by atomic mass is 9.99. The molecule has 2 nitrogen and oxygen atoms in total. The molecule has 0 N–H and O–H groups in total. The molecule has 0 unspecified atom stereocenters. The molecule has 0 spiro atoms. The topological polar surface area (TPSA) is 12.5 Å². The second-order valence-corrected chi connectivity index (χ2v) is 4.93. The summed E-state index contributed by atoms with van der Waals surface area (Å²) < 4.78 is 5.04. The van der Waals surface area contributed by atoms with Gasteiger partial charge in [-0.05, 0) is 51.2 Å². The summed E-state index contributed by atoms with van der Waals surface area (Å²) in [6.45, 7) is 7.29. The number of likely N-dealkylation sites (tertiary alicyclic amines) is 1. The van der Waals surface area contributed by atoms with Gasteiger partial charge in [0, 0.05) is 13.7 Å². The zero-order valence-corrected chi connectivity index (χ0v) is 10.5. The van der Waals surface area contributed by atoms with E-state index < -0.39 is 0 Å². The first-order chi connectivity index (χ1) is 7.33. The van der Waals surface area contributed by atoms with Crippen molar-refractivity contribution in [3.05, 3.63) is 0 Å². The lowest BCUT2D eigenvalue weighted by molar-refractivity contribution is 0.182. The van der Waals surface area contributed by atoms with Crippen molar-refractivity contribution in [2.75, 3.05) is 33.4 Å². The summed E-state index contributed by atoms with van der Waals surface area (Å²) in [5, 5.41) is 0. The Balaban J connectivity index is 1.87. The number of methoxy groups -OCH3 is 1. The molecule has 1 heterocycles. The number of piperidine rings is 1. The zero-order valence-electron chi connectivity index (χ0n) is 10.5. The maximum absolute atomic E-state index is 5.04. The number of hydrogen-bond donors (Lipinski definition) is 0. The molecule has 1 aliphatic rings. The van der Waals surface area contributed by atoms with Gasteiger partial charge in [0.05, 0.1) is 0 Å². The minimum absolute atomic E-state index is 0.932.